The first-order valence-corrected chi connectivity index (χ1v) is 17.5. The Hall–Kier alpha value is -6.12. The summed E-state index contributed by atoms with van der Waals surface area (Å²) in [6, 6.07) is 50.0. The van der Waals surface area contributed by atoms with Crippen LogP contribution in [0.15, 0.2) is 187 Å². The van der Waals surface area contributed by atoms with Gasteiger partial charge >= 0.3 is 0 Å². The Bertz CT molecular complexity index is 2340. The van der Waals surface area contributed by atoms with E-state index in [1.54, 1.807) is 0 Å². The molecule has 1 aromatic heterocycles. The van der Waals surface area contributed by atoms with E-state index in [1.807, 2.05) is 12.1 Å². The predicted octanol–water partition coefficient (Wildman–Crippen LogP) is 11.7. The Morgan fingerprint density at radius 3 is 1.66 bits per heavy atom. The highest BCUT2D eigenvalue weighted by atomic mass is 14.9. The van der Waals surface area contributed by atoms with Gasteiger partial charge in [-0.25, -0.2) is 9.97 Å². The zero-order valence-corrected chi connectivity index (χ0v) is 28.2. The van der Waals surface area contributed by atoms with Gasteiger partial charge in [0, 0.05) is 22.6 Å². The second kappa shape index (κ2) is 12.1. The maximum atomic E-state index is 5.27. The molecule has 2 nitrogen and oxygen atoms in total. The fourth-order valence-electron chi connectivity index (χ4n) is 8.42. The summed E-state index contributed by atoms with van der Waals surface area (Å²) in [4.78, 5) is 10.5. The molecule has 5 aromatic carbocycles. The SMILES string of the molecule is C\C=C/C=C1\C(=C2/C=CC=C(c3nc(-c4ccccc4)cc(-c4ccccc4)n3)C2C)C2(c3ccccc31)c1ccccc1-c1ccccc12. The van der Waals surface area contributed by atoms with Crippen LogP contribution in [0.3, 0.4) is 0 Å². The molecule has 3 aliphatic rings. The van der Waals surface area contributed by atoms with Crippen LogP contribution in [0.25, 0.3) is 44.8 Å². The van der Waals surface area contributed by atoms with E-state index >= 15 is 0 Å². The van der Waals surface area contributed by atoms with E-state index in [2.05, 4.69) is 178 Å². The number of rotatable bonds is 4. The van der Waals surface area contributed by atoms with Gasteiger partial charge in [0.25, 0.3) is 0 Å². The highest BCUT2D eigenvalue weighted by molar-refractivity contribution is 6.01. The van der Waals surface area contributed by atoms with Crippen molar-refractivity contribution in [3.8, 4) is 33.6 Å². The van der Waals surface area contributed by atoms with Gasteiger partial charge in [0.1, 0.15) is 0 Å². The molecule has 0 bridgehead atoms. The largest absolute Gasteiger partial charge is 0.228 e. The number of fused-ring (bicyclic) bond motifs is 7. The van der Waals surface area contributed by atoms with Gasteiger partial charge in [-0.3, -0.25) is 0 Å². The van der Waals surface area contributed by atoms with Crippen LogP contribution in [-0.4, -0.2) is 9.97 Å². The third kappa shape index (κ3) is 4.49. The lowest BCUT2D eigenvalue weighted by Crippen LogP contribution is -2.28. The molecule has 0 fully saturated rings. The fraction of sp³-hybridized carbons (Fsp3) is 0.0833. The maximum absolute atomic E-state index is 5.27. The average molecular weight is 641 g/mol. The quantitative estimate of drug-likeness (QED) is 0.192. The summed E-state index contributed by atoms with van der Waals surface area (Å²) in [5.74, 6) is 0.778. The van der Waals surface area contributed by atoms with Gasteiger partial charge in [-0.15, -0.1) is 0 Å². The predicted molar refractivity (Wildman–Crippen MR) is 207 cm³/mol. The summed E-state index contributed by atoms with van der Waals surface area (Å²) in [7, 11) is 0. The van der Waals surface area contributed by atoms with Crippen molar-refractivity contribution in [2.75, 3.05) is 0 Å². The van der Waals surface area contributed by atoms with Gasteiger partial charge in [0.05, 0.1) is 16.8 Å². The Morgan fingerprint density at radius 2 is 1.10 bits per heavy atom. The lowest BCUT2D eigenvalue weighted by molar-refractivity contribution is 0.760. The molecular weight excluding hydrogens is 605 g/mol. The van der Waals surface area contributed by atoms with Crippen molar-refractivity contribution in [3.63, 3.8) is 0 Å². The van der Waals surface area contributed by atoms with Crippen molar-refractivity contribution in [2.24, 2.45) is 5.92 Å². The van der Waals surface area contributed by atoms with Crippen molar-refractivity contribution in [2.45, 2.75) is 19.3 Å². The summed E-state index contributed by atoms with van der Waals surface area (Å²) < 4.78 is 0. The second-order valence-corrected chi connectivity index (χ2v) is 13.2. The van der Waals surface area contributed by atoms with Crippen LogP contribution in [-0.2, 0) is 5.41 Å². The van der Waals surface area contributed by atoms with Crippen molar-refractivity contribution in [1.29, 1.82) is 0 Å². The van der Waals surface area contributed by atoms with Crippen LogP contribution in [0.2, 0.25) is 0 Å². The number of aromatic nitrogens is 2. The van der Waals surface area contributed by atoms with E-state index in [1.165, 1.54) is 50.1 Å². The minimum absolute atomic E-state index is 0.0183. The third-order valence-electron chi connectivity index (χ3n) is 10.6. The molecule has 1 spiro atoms. The summed E-state index contributed by atoms with van der Waals surface area (Å²) >= 11 is 0. The van der Waals surface area contributed by atoms with E-state index in [9.17, 15) is 0 Å². The molecule has 2 heteroatoms. The van der Waals surface area contributed by atoms with Crippen molar-refractivity contribution >= 4 is 11.1 Å². The van der Waals surface area contributed by atoms with Crippen molar-refractivity contribution in [1.82, 2.24) is 9.97 Å². The summed E-state index contributed by atoms with van der Waals surface area (Å²) in [5.41, 5.74) is 16.4. The van der Waals surface area contributed by atoms with Gasteiger partial charge < -0.3 is 0 Å². The Morgan fingerprint density at radius 1 is 0.600 bits per heavy atom. The molecule has 9 rings (SSSR count). The number of allylic oxidation sites excluding steroid dienone is 10. The normalized spacial score (nSPS) is 19.1. The van der Waals surface area contributed by atoms with E-state index in [0.29, 0.717) is 0 Å². The first-order chi connectivity index (χ1) is 24.7. The standard InChI is InChI=1S/C48H36N2/c1-3-4-22-40-39-25-13-16-30-43(39)48(41-28-14-11-23-37(41)38-24-12-15-29-42(38)48)46(40)35-26-17-27-36(32(35)2)47-49-44(33-18-7-5-8-19-33)31-45(50-47)34-20-9-6-10-21-34/h3-32H,1-2H3/b4-3-,40-22-,46-35-. The molecular formula is C48H36N2. The molecule has 1 atom stereocenters. The highest BCUT2D eigenvalue weighted by Crippen LogP contribution is 2.65. The van der Waals surface area contributed by atoms with Crippen LogP contribution in [0.5, 0.6) is 0 Å². The minimum Gasteiger partial charge on any atom is -0.228 e. The Balaban J connectivity index is 1.31. The van der Waals surface area contributed by atoms with E-state index in [4.69, 9.17) is 9.97 Å². The van der Waals surface area contributed by atoms with Crippen LogP contribution in [0.4, 0.5) is 0 Å². The second-order valence-electron chi connectivity index (χ2n) is 13.2. The molecule has 1 unspecified atom stereocenters. The molecule has 0 radical (unpaired) electrons. The molecule has 238 valence electrons. The topological polar surface area (TPSA) is 25.8 Å². The Labute approximate surface area is 294 Å². The number of nitrogens with zero attached hydrogens (tertiary/aromatic N) is 2. The number of benzene rings is 5. The summed E-state index contributed by atoms with van der Waals surface area (Å²) in [6.45, 7) is 4.42. The van der Waals surface area contributed by atoms with Crippen LogP contribution in [0.1, 0.15) is 41.9 Å². The van der Waals surface area contributed by atoms with Crippen LogP contribution in [0, 0.1) is 5.92 Å². The first kappa shape index (κ1) is 30.0. The molecule has 6 aromatic rings. The fourth-order valence-corrected chi connectivity index (χ4v) is 8.42. The molecule has 0 aliphatic heterocycles. The van der Waals surface area contributed by atoms with E-state index in [-0.39, 0.29) is 5.92 Å². The summed E-state index contributed by atoms with van der Waals surface area (Å²) in [6.07, 6.45) is 13.4. The lowest BCUT2D eigenvalue weighted by atomic mass is 9.67. The molecule has 1 heterocycles. The number of hydrogen-bond donors (Lipinski definition) is 0. The molecule has 0 saturated heterocycles. The molecule has 0 amide bonds. The molecule has 3 aliphatic carbocycles. The van der Waals surface area contributed by atoms with E-state index in [0.717, 1.165) is 33.9 Å². The summed E-state index contributed by atoms with van der Waals surface area (Å²) in [5, 5.41) is 0. The third-order valence-corrected chi connectivity index (χ3v) is 10.6. The smallest absolute Gasteiger partial charge is 0.156 e. The van der Waals surface area contributed by atoms with E-state index < -0.39 is 5.41 Å². The maximum Gasteiger partial charge on any atom is 0.156 e. The minimum atomic E-state index is -0.463. The molecule has 50 heavy (non-hydrogen) atoms. The highest BCUT2D eigenvalue weighted by Gasteiger charge is 2.54. The molecule has 0 N–H and O–H groups in total. The van der Waals surface area contributed by atoms with Crippen molar-refractivity contribution < 1.29 is 0 Å². The van der Waals surface area contributed by atoms with Gasteiger partial charge in [-0.1, -0.05) is 177 Å². The van der Waals surface area contributed by atoms with Gasteiger partial charge in [-0.2, -0.15) is 0 Å². The van der Waals surface area contributed by atoms with Crippen LogP contribution < -0.4 is 0 Å². The van der Waals surface area contributed by atoms with Gasteiger partial charge in [0.2, 0.25) is 0 Å². The lowest BCUT2D eigenvalue weighted by Gasteiger charge is -2.34. The molecule has 0 saturated carbocycles. The van der Waals surface area contributed by atoms with Gasteiger partial charge in [0.15, 0.2) is 5.82 Å². The first-order valence-electron chi connectivity index (χ1n) is 17.5. The zero-order chi connectivity index (χ0) is 33.7. The monoisotopic (exact) mass is 640 g/mol. The average Bonchev–Trinajstić information content (AvgIpc) is 3.64. The zero-order valence-electron chi connectivity index (χ0n) is 28.2. The van der Waals surface area contributed by atoms with Gasteiger partial charge in [-0.05, 0) is 63.1 Å². The van der Waals surface area contributed by atoms with Crippen LogP contribution >= 0.6 is 0 Å². The number of hydrogen-bond acceptors (Lipinski definition) is 2. The Kier molecular flexibility index (Phi) is 7.25. The van der Waals surface area contributed by atoms with Crippen molar-refractivity contribution in [3.05, 3.63) is 215 Å².